The Hall–Kier alpha value is -2.12. The Balaban J connectivity index is 0.00000300. The Morgan fingerprint density at radius 1 is 1.17 bits per heavy atom. The first-order valence-corrected chi connectivity index (χ1v) is 10.0. The van der Waals surface area contributed by atoms with Crippen molar-refractivity contribution in [3.8, 4) is 5.75 Å². The number of benzene rings is 2. The zero-order valence-corrected chi connectivity index (χ0v) is 18.9. The first-order valence-electron chi connectivity index (χ1n) is 8.82. The molecule has 2 aromatic carbocycles. The molecule has 0 aliphatic rings. The third-order valence-electron chi connectivity index (χ3n) is 4.15. The van der Waals surface area contributed by atoms with E-state index in [0.717, 1.165) is 10.3 Å². The van der Waals surface area contributed by atoms with Crippen LogP contribution < -0.4 is 9.64 Å². The van der Waals surface area contributed by atoms with Gasteiger partial charge in [-0.1, -0.05) is 53.3 Å². The summed E-state index contributed by atoms with van der Waals surface area (Å²) < 4.78 is 6.21. The quantitative estimate of drug-likeness (QED) is 0.474. The number of aromatic nitrogens is 1. The molecular weight excluding hydrogens is 429 g/mol. The highest BCUT2D eigenvalue weighted by molar-refractivity contribution is 7.23. The highest BCUT2D eigenvalue weighted by Gasteiger charge is 2.20. The molecule has 0 radical (unpaired) electrons. The molecule has 3 rings (SSSR count). The lowest BCUT2D eigenvalue weighted by Crippen LogP contribution is -2.35. The van der Waals surface area contributed by atoms with Crippen molar-refractivity contribution in [1.29, 1.82) is 0 Å². The van der Waals surface area contributed by atoms with Crippen molar-refractivity contribution >= 4 is 62.7 Å². The first-order chi connectivity index (χ1) is 13.5. The average Bonchev–Trinajstić information content (AvgIpc) is 3.13. The fourth-order valence-corrected chi connectivity index (χ4v) is 3.93. The van der Waals surface area contributed by atoms with E-state index in [2.05, 4.69) is 4.98 Å². The maximum absolute atomic E-state index is 13.0. The number of carbonyl (C=O) groups excluding carboxylic acids is 1. The predicted molar refractivity (Wildman–Crippen MR) is 125 cm³/mol. The lowest BCUT2D eigenvalue weighted by Gasteiger charge is -2.20. The number of methoxy groups -OCH3 is 1. The molecule has 0 fully saturated rings. The molecule has 0 atom stereocenters. The van der Waals surface area contributed by atoms with Gasteiger partial charge in [-0.15, -0.1) is 12.4 Å². The van der Waals surface area contributed by atoms with Crippen LogP contribution in [0.4, 0.5) is 5.13 Å². The predicted octanol–water partition coefficient (Wildman–Crippen LogP) is 4.99. The van der Waals surface area contributed by atoms with E-state index >= 15 is 0 Å². The van der Waals surface area contributed by atoms with E-state index in [1.807, 2.05) is 55.4 Å². The number of halogens is 2. The molecule has 8 heteroatoms. The molecule has 0 bridgehead atoms. The van der Waals surface area contributed by atoms with Crippen molar-refractivity contribution in [2.24, 2.45) is 0 Å². The Morgan fingerprint density at radius 2 is 1.90 bits per heavy atom. The van der Waals surface area contributed by atoms with Crippen molar-refractivity contribution < 1.29 is 9.53 Å². The molecule has 0 aliphatic carbocycles. The molecule has 0 unspecified atom stereocenters. The van der Waals surface area contributed by atoms with Crippen molar-refractivity contribution in [2.45, 2.75) is 0 Å². The summed E-state index contributed by atoms with van der Waals surface area (Å²) in [5, 5.41) is 1.20. The summed E-state index contributed by atoms with van der Waals surface area (Å²) in [4.78, 5) is 21.3. The van der Waals surface area contributed by atoms with E-state index < -0.39 is 0 Å². The Kier molecular flexibility index (Phi) is 8.46. The summed E-state index contributed by atoms with van der Waals surface area (Å²) >= 11 is 7.73. The van der Waals surface area contributed by atoms with Crippen LogP contribution >= 0.6 is 35.3 Å². The minimum absolute atomic E-state index is 0. The maximum atomic E-state index is 13.0. The molecule has 3 aromatic rings. The van der Waals surface area contributed by atoms with E-state index in [9.17, 15) is 4.79 Å². The van der Waals surface area contributed by atoms with E-state index in [1.54, 1.807) is 30.2 Å². The number of anilines is 1. The van der Waals surface area contributed by atoms with Gasteiger partial charge in [-0.25, -0.2) is 4.98 Å². The Morgan fingerprint density at radius 3 is 2.55 bits per heavy atom. The van der Waals surface area contributed by atoms with Crippen LogP contribution in [0.2, 0.25) is 5.02 Å². The highest BCUT2D eigenvalue weighted by atomic mass is 35.5. The van der Waals surface area contributed by atoms with E-state index in [4.69, 9.17) is 16.3 Å². The number of hydrogen-bond donors (Lipinski definition) is 0. The van der Waals surface area contributed by atoms with Gasteiger partial charge >= 0.3 is 0 Å². The number of rotatable bonds is 7. The van der Waals surface area contributed by atoms with Crippen LogP contribution in [0.25, 0.3) is 16.3 Å². The molecule has 154 valence electrons. The number of carbonyl (C=O) groups is 1. The largest absolute Gasteiger partial charge is 0.494 e. The Bertz CT molecular complexity index is 990. The minimum Gasteiger partial charge on any atom is -0.494 e. The number of hydrogen-bond acceptors (Lipinski definition) is 5. The summed E-state index contributed by atoms with van der Waals surface area (Å²) in [5.41, 5.74) is 1.64. The Labute approximate surface area is 186 Å². The van der Waals surface area contributed by atoms with Crippen molar-refractivity contribution in [2.75, 3.05) is 39.2 Å². The summed E-state index contributed by atoms with van der Waals surface area (Å²) in [6.07, 6.45) is 3.39. The smallest absolute Gasteiger partial charge is 0.252 e. The lowest BCUT2D eigenvalue weighted by atomic mass is 10.2. The zero-order valence-electron chi connectivity index (χ0n) is 16.5. The van der Waals surface area contributed by atoms with Gasteiger partial charge in [0, 0.05) is 19.2 Å². The standard InChI is InChI=1S/C21H22ClN3O2S.ClH/c1-24(2)13-14-25(18(26)12-9-15-7-5-4-6-8-15)21-23-19-17(27-3)11-10-16(22)20(19)28-21;/h4-12H,13-14H2,1-3H3;1H/b12-9+;. The van der Waals surface area contributed by atoms with E-state index in [0.29, 0.717) is 34.5 Å². The summed E-state index contributed by atoms with van der Waals surface area (Å²) in [5.74, 6) is 0.515. The van der Waals surface area contributed by atoms with Crippen LogP contribution in [0, 0.1) is 0 Å². The van der Waals surface area contributed by atoms with Gasteiger partial charge in [-0.05, 0) is 37.9 Å². The summed E-state index contributed by atoms with van der Waals surface area (Å²) in [6.45, 7) is 1.23. The number of thiazole rings is 1. The fourth-order valence-electron chi connectivity index (χ4n) is 2.64. The molecule has 1 heterocycles. The second kappa shape index (κ2) is 10.6. The molecule has 0 saturated heterocycles. The highest BCUT2D eigenvalue weighted by Crippen LogP contribution is 2.38. The molecule has 1 amide bonds. The van der Waals surface area contributed by atoms with Crippen LogP contribution in [0.1, 0.15) is 5.56 Å². The molecule has 0 N–H and O–H groups in total. The van der Waals surface area contributed by atoms with Crippen LogP contribution in [-0.4, -0.2) is 50.1 Å². The normalized spacial score (nSPS) is 11.1. The topological polar surface area (TPSA) is 45.7 Å². The van der Waals surface area contributed by atoms with Gasteiger partial charge in [-0.2, -0.15) is 0 Å². The van der Waals surface area contributed by atoms with Gasteiger partial charge in [0.25, 0.3) is 5.91 Å². The van der Waals surface area contributed by atoms with Gasteiger partial charge in [0.1, 0.15) is 11.3 Å². The molecular formula is C21H23Cl2N3O2S. The van der Waals surface area contributed by atoms with Gasteiger partial charge in [0.2, 0.25) is 0 Å². The van der Waals surface area contributed by atoms with E-state index in [-0.39, 0.29) is 18.3 Å². The number of fused-ring (bicyclic) bond motifs is 1. The van der Waals surface area contributed by atoms with Crippen molar-refractivity contribution in [3.05, 3.63) is 59.1 Å². The van der Waals surface area contributed by atoms with Crippen LogP contribution in [-0.2, 0) is 4.79 Å². The van der Waals surface area contributed by atoms with E-state index in [1.165, 1.54) is 11.3 Å². The monoisotopic (exact) mass is 451 g/mol. The minimum atomic E-state index is -0.125. The van der Waals surface area contributed by atoms with Crippen LogP contribution in [0.5, 0.6) is 5.75 Å². The van der Waals surface area contributed by atoms with Gasteiger partial charge < -0.3 is 9.64 Å². The van der Waals surface area contributed by atoms with Gasteiger partial charge in [-0.3, -0.25) is 9.69 Å². The SMILES string of the molecule is COc1ccc(Cl)c2sc(N(CCN(C)C)C(=O)/C=C/c3ccccc3)nc12.Cl. The van der Waals surface area contributed by atoms with Crippen molar-refractivity contribution in [3.63, 3.8) is 0 Å². The molecule has 5 nitrogen and oxygen atoms in total. The third kappa shape index (κ3) is 5.70. The summed E-state index contributed by atoms with van der Waals surface area (Å²) in [7, 11) is 5.54. The molecule has 0 saturated carbocycles. The number of ether oxygens (including phenoxy) is 1. The zero-order chi connectivity index (χ0) is 20.1. The molecule has 0 spiro atoms. The number of likely N-dealkylation sites (N-methyl/N-ethyl adjacent to an activating group) is 1. The second-order valence-electron chi connectivity index (χ2n) is 6.46. The van der Waals surface area contributed by atoms with Crippen LogP contribution in [0.3, 0.4) is 0 Å². The second-order valence-corrected chi connectivity index (χ2v) is 7.85. The first kappa shape index (κ1) is 23.2. The molecule has 29 heavy (non-hydrogen) atoms. The maximum Gasteiger partial charge on any atom is 0.252 e. The lowest BCUT2D eigenvalue weighted by molar-refractivity contribution is -0.114. The van der Waals surface area contributed by atoms with Crippen molar-refractivity contribution in [1.82, 2.24) is 9.88 Å². The molecule has 1 aromatic heterocycles. The number of nitrogens with zero attached hydrogens (tertiary/aromatic N) is 3. The van der Waals surface area contributed by atoms with Gasteiger partial charge in [0.05, 0.1) is 16.8 Å². The third-order valence-corrected chi connectivity index (χ3v) is 5.69. The number of amides is 1. The summed E-state index contributed by atoms with van der Waals surface area (Å²) in [6, 6.07) is 13.3. The molecule has 0 aliphatic heterocycles. The fraction of sp³-hybridized carbons (Fsp3) is 0.238. The van der Waals surface area contributed by atoms with Crippen LogP contribution in [0.15, 0.2) is 48.5 Å². The van der Waals surface area contributed by atoms with Gasteiger partial charge in [0.15, 0.2) is 5.13 Å². The average molecular weight is 452 g/mol.